The number of benzene rings is 2. The quantitative estimate of drug-likeness (QED) is 0.815. The van der Waals surface area contributed by atoms with Crippen molar-refractivity contribution in [2.75, 3.05) is 20.6 Å². The molecule has 1 amide bonds. The van der Waals surface area contributed by atoms with Crippen molar-refractivity contribution in [1.82, 2.24) is 10.2 Å². The molecule has 0 saturated heterocycles. The SMILES string of the molecule is CC(Oc1cccc(Cl)c1)C(=O)NCC(c1cccc(F)c1)N(C)C. The molecule has 2 rings (SSSR count). The molecule has 0 aliphatic rings. The van der Waals surface area contributed by atoms with Gasteiger partial charge in [-0.3, -0.25) is 4.79 Å². The van der Waals surface area contributed by atoms with Crippen LogP contribution in [-0.2, 0) is 4.79 Å². The lowest BCUT2D eigenvalue weighted by Crippen LogP contribution is -2.41. The molecule has 2 atom stereocenters. The van der Waals surface area contributed by atoms with Crippen LogP contribution in [0.4, 0.5) is 4.39 Å². The van der Waals surface area contributed by atoms with Gasteiger partial charge in [-0.2, -0.15) is 0 Å². The highest BCUT2D eigenvalue weighted by Crippen LogP contribution is 2.20. The number of ether oxygens (including phenoxy) is 1. The van der Waals surface area contributed by atoms with E-state index in [1.54, 1.807) is 37.3 Å². The zero-order valence-electron chi connectivity index (χ0n) is 14.5. The van der Waals surface area contributed by atoms with Crippen molar-refractivity contribution in [3.8, 4) is 5.75 Å². The number of rotatable bonds is 7. The van der Waals surface area contributed by atoms with Gasteiger partial charge in [-0.25, -0.2) is 4.39 Å². The summed E-state index contributed by atoms with van der Waals surface area (Å²) >= 11 is 5.91. The van der Waals surface area contributed by atoms with E-state index in [1.807, 2.05) is 25.1 Å². The Morgan fingerprint density at radius 1 is 1.24 bits per heavy atom. The monoisotopic (exact) mass is 364 g/mol. The smallest absolute Gasteiger partial charge is 0.260 e. The minimum Gasteiger partial charge on any atom is -0.481 e. The van der Waals surface area contributed by atoms with Gasteiger partial charge in [0.25, 0.3) is 5.91 Å². The Morgan fingerprint density at radius 2 is 1.96 bits per heavy atom. The highest BCUT2D eigenvalue weighted by atomic mass is 35.5. The van der Waals surface area contributed by atoms with Crippen LogP contribution < -0.4 is 10.1 Å². The lowest BCUT2D eigenvalue weighted by Gasteiger charge is -2.26. The normalized spacial score (nSPS) is 13.4. The second kappa shape index (κ2) is 8.83. The first-order valence-electron chi connectivity index (χ1n) is 7.98. The molecule has 134 valence electrons. The third kappa shape index (κ3) is 5.73. The summed E-state index contributed by atoms with van der Waals surface area (Å²) in [6.07, 6.45) is -0.672. The first-order chi connectivity index (χ1) is 11.9. The van der Waals surface area contributed by atoms with Gasteiger partial charge in [0.05, 0.1) is 6.04 Å². The predicted octanol–water partition coefficient (Wildman–Crippen LogP) is 3.67. The number of carbonyl (C=O) groups is 1. The topological polar surface area (TPSA) is 41.6 Å². The molecule has 2 aromatic carbocycles. The Hall–Kier alpha value is -2.11. The number of hydrogen-bond donors (Lipinski definition) is 1. The fraction of sp³-hybridized carbons (Fsp3) is 0.316. The summed E-state index contributed by atoms with van der Waals surface area (Å²) in [6, 6.07) is 13.1. The maximum absolute atomic E-state index is 13.5. The van der Waals surface area contributed by atoms with Gasteiger partial charge in [0.2, 0.25) is 0 Å². The van der Waals surface area contributed by atoms with Crippen molar-refractivity contribution in [1.29, 1.82) is 0 Å². The summed E-state index contributed by atoms with van der Waals surface area (Å²) in [7, 11) is 3.77. The molecular weight excluding hydrogens is 343 g/mol. The van der Waals surface area contributed by atoms with E-state index in [2.05, 4.69) is 5.32 Å². The van der Waals surface area contributed by atoms with Gasteiger partial charge in [0.15, 0.2) is 6.10 Å². The van der Waals surface area contributed by atoms with Gasteiger partial charge in [-0.15, -0.1) is 0 Å². The standard InChI is InChI=1S/C19H22ClFN2O2/c1-13(25-17-9-5-7-15(20)11-17)19(24)22-12-18(23(2)3)14-6-4-8-16(21)10-14/h4-11,13,18H,12H2,1-3H3,(H,22,24). The van der Waals surface area contributed by atoms with Crippen LogP contribution in [0.5, 0.6) is 5.75 Å². The van der Waals surface area contributed by atoms with Crippen LogP contribution in [0.1, 0.15) is 18.5 Å². The molecule has 0 aliphatic heterocycles. The van der Waals surface area contributed by atoms with Crippen LogP contribution in [0.15, 0.2) is 48.5 Å². The summed E-state index contributed by atoms with van der Waals surface area (Å²) in [6.45, 7) is 2.02. The zero-order chi connectivity index (χ0) is 18.4. The maximum atomic E-state index is 13.5. The minimum absolute atomic E-state index is 0.141. The molecule has 25 heavy (non-hydrogen) atoms. The van der Waals surface area contributed by atoms with Crippen LogP contribution in [0, 0.1) is 5.82 Å². The first-order valence-corrected chi connectivity index (χ1v) is 8.36. The van der Waals surface area contributed by atoms with Gasteiger partial charge < -0.3 is 15.0 Å². The largest absolute Gasteiger partial charge is 0.481 e. The van der Waals surface area contributed by atoms with E-state index in [1.165, 1.54) is 12.1 Å². The number of hydrogen-bond acceptors (Lipinski definition) is 3. The van der Waals surface area contributed by atoms with E-state index < -0.39 is 6.10 Å². The van der Waals surface area contributed by atoms with Crippen molar-refractivity contribution < 1.29 is 13.9 Å². The average molecular weight is 365 g/mol. The maximum Gasteiger partial charge on any atom is 0.260 e. The third-order valence-electron chi connectivity index (χ3n) is 3.80. The number of likely N-dealkylation sites (N-methyl/N-ethyl adjacent to an activating group) is 1. The van der Waals surface area contributed by atoms with Crippen LogP contribution in [0.3, 0.4) is 0 Å². The summed E-state index contributed by atoms with van der Waals surface area (Å²) in [5.41, 5.74) is 0.800. The average Bonchev–Trinajstić information content (AvgIpc) is 2.54. The van der Waals surface area contributed by atoms with Crippen LogP contribution in [-0.4, -0.2) is 37.6 Å². The number of nitrogens with zero attached hydrogens (tertiary/aromatic N) is 1. The molecular formula is C19H22ClFN2O2. The van der Waals surface area contributed by atoms with Crippen LogP contribution >= 0.6 is 11.6 Å². The number of nitrogens with one attached hydrogen (secondary N) is 1. The molecule has 2 aromatic rings. The Labute approximate surface area is 152 Å². The lowest BCUT2D eigenvalue weighted by molar-refractivity contribution is -0.127. The van der Waals surface area contributed by atoms with E-state index in [4.69, 9.17) is 16.3 Å². The molecule has 1 N–H and O–H groups in total. The molecule has 0 fully saturated rings. The molecule has 0 heterocycles. The summed E-state index contributed by atoms with van der Waals surface area (Å²) in [4.78, 5) is 14.2. The van der Waals surface area contributed by atoms with Crippen molar-refractivity contribution in [3.63, 3.8) is 0 Å². The molecule has 0 aromatic heterocycles. The lowest BCUT2D eigenvalue weighted by atomic mass is 10.1. The van der Waals surface area contributed by atoms with E-state index in [-0.39, 0.29) is 17.8 Å². The molecule has 6 heteroatoms. The fourth-order valence-electron chi connectivity index (χ4n) is 2.45. The Morgan fingerprint density at radius 3 is 2.60 bits per heavy atom. The molecule has 2 unspecified atom stereocenters. The molecule has 0 radical (unpaired) electrons. The van der Waals surface area contributed by atoms with Gasteiger partial charge in [-0.05, 0) is 56.9 Å². The van der Waals surface area contributed by atoms with E-state index in [0.29, 0.717) is 17.3 Å². The van der Waals surface area contributed by atoms with Crippen molar-refractivity contribution in [2.45, 2.75) is 19.1 Å². The van der Waals surface area contributed by atoms with Crippen LogP contribution in [0.25, 0.3) is 0 Å². The van der Waals surface area contributed by atoms with Gasteiger partial charge in [-0.1, -0.05) is 29.8 Å². The van der Waals surface area contributed by atoms with Gasteiger partial charge in [0, 0.05) is 11.6 Å². The highest BCUT2D eigenvalue weighted by molar-refractivity contribution is 6.30. The van der Waals surface area contributed by atoms with E-state index in [0.717, 1.165) is 5.56 Å². The molecule has 4 nitrogen and oxygen atoms in total. The van der Waals surface area contributed by atoms with Crippen molar-refractivity contribution in [3.05, 3.63) is 64.9 Å². The summed E-state index contributed by atoms with van der Waals surface area (Å²) in [5, 5.41) is 3.40. The molecule has 0 bridgehead atoms. The molecule has 0 saturated carbocycles. The molecule has 0 spiro atoms. The first kappa shape index (κ1) is 19.2. The predicted molar refractivity (Wildman–Crippen MR) is 97.4 cm³/mol. The Balaban J connectivity index is 1.96. The van der Waals surface area contributed by atoms with Crippen molar-refractivity contribution in [2.24, 2.45) is 0 Å². The van der Waals surface area contributed by atoms with E-state index >= 15 is 0 Å². The van der Waals surface area contributed by atoms with Crippen molar-refractivity contribution >= 4 is 17.5 Å². The zero-order valence-corrected chi connectivity index (χ0v) is 15.3. The Bertz CT molecular complexity index is 724. The van der Waals surface area contributed by atoms with E-state index in [9.17, 15) is 9.18 Å². The molecule has 0 aliphatic carbocycles. The second-order valence-electron chi connectivity index (χ2n) is 6.00. The van der Waals surface area contributed by atoms with Gasteiger partial charge in [0.1, 0.15) is 11.6 Å². The fourth-order valence-corrected chi connectivity index (χ4v) is 2.63. The summed E-state index contributed by atoms with van der Waals surface area (Å²) in [5.74, 6) is -0.0130. The highest BCUT2D eigenvalue weighted by Gasteiger charge is 2.19. The number of carbonyl (C=O) groups excluding carboxylic acids is 1. The summed E-state index contributed by atoms with van der Waals surface area (Å²) < 4.78 is 19.1. The Kier molecular flexibility index (Phi) is 6.79. The second-order valence-corrected chi connectivity index (χ2v) is 6.43. The third-order valence-corrected chi connectivity index (χ3v) is 4.04. The van der Waals surface area contributed by atoms with Crippen LogP contribution in [0.2, 0.25) is 5.02 Å². The number of amides is 1. The van der Waals surface area contributed by atoms with Gasteiger partial charge >= 0.3 is 0 Å². The minimum atomic E-state index is -0.672. The number of halogens is 2.